The van der Waals surface area contributed by atoms with E-state index in [9.17, 15) is 9.18 Å². The van der Waals surface area contributed by atoms with Crippen molar-refractivity contribution in [3.05, 3.63) is 34.3 Å². The van der Waals surface area contributed by atoms with Crippen LogP contribution >= 0.6 is 15.9 Å². The van der Waals surface area contributed by atoms with Gasteiger partial charge < -0.3 is 15.4 Å². The van der Waals surface area contributed by atoms with Gasteiger partial charge in [0.2, 0.25) is 0 Å². The molecule has 0 fully saturated rings. The Bertz CT molecular complexity index is 400. The van der Waals surface area contributed by atoms with Crippen LogP contribution in [0.15, 0.2) is 28.7 Å². The third-order valence-electron chi connectivity index (χ3n) is 2.65. The van der Waals surface area contributed by atoms with Gasteiger partial charge in [0, 0.05) is 18.1 Å². The Kier molecular flexibility index (Phi) is 6.80. The fourth-order valence-corrected chi connectivity index (χ4v) is 2.04. The van der Waals surface area contributed by atoms with Crippen LogP contribution in [0.4, 0.5) is 9.18 Å². The molecule has 19 heavy (non-hydrogen) atoms. The molecule has 2 amide bonds. The monoisotopic (exact) mass is 332 g/mol. The van der Waals surface area contributed by atoms with E-state index < -0.39 is 12.7 Å². The molecular weight excluding hydrogens is 315 g/mol. The number of carbonyl (C=O) groups excluding carboxylic acids is 1. The molecule has 0 saturated carbocycles. The number of amides is 2. The van der Waals surface area contributed by atoms with Crippen molar-refractivity contribution in [2.75, 3.05) is 20.3 Å². The molecule has 1 rings (SSSR count). The molecule has 0 saturated heterocycles. The van der Waals surface area contributed by atoms with Crippen molar-refractivity contribution < 1.29 is 13.9 Å². The van der Waals surface area contributed by atoms with Crippen molar-refractivity contribution in [3.8, 4) is 0 Å². The van der Waals surface area contributed by atoms with Gasteiger partial charge in [-0.1, -0.05) is 28.1 Å². The predicted molar refractivity (Wildman–Crippen MR) is 75.9 cm³/mol. The van der Waals surface area contributed by atoms with Crippen LogP contribution < -0.4 is 10.6 Å². The summed E-state index contributed by atoms with van der Waals surface area (Å²) in [5.41, 5.74) is 0.962. The van der Waals surface area contributed by atoms with Gasteiger partial charge in [-0.05, 0) is 24.6 Å². The quantitative estimate of drug-likeness (QED) is 0.841. The second-order valence-corrected chi connectivity index (χ2v) is 5.00. The van der Waals surface area contributed by atoms with Gasteiger partial charge in [0.05, 0.1) is 6.04 Å². The lowest BCUT2D eigenvalue weighted by Gasteiger charge is -2.24. The van der Waals surface area contributed by atoms with Gasteiger partial charge in [-0.15, -0.1) is 0 Å². The summed E-state index contributed by atoms with van der Waals surface area (Å²) in [6.45, 7) is 1.27. The Labute approximate surface area is 120 Å². The second-order valence-electron chi connectivity index (χ2n) is 4.09. The van der Waals surface area contributed by atoms with Crippen molar-refractivity contribution in [2.45, 2.75) is 19.1 Å². The molecule has 0 unspecified atom stereocenters. The van der Waals surface area contributed by atoms with Crippen molar-refractivity contribution in [3.63, 3.8) is 0 Å². The lowest BCUT2D eigenvalue weighted by molar-refractivity contribution is 0.0762. The maximum Gasteiger partial charge on any atom is 0.315 e. The van der Waals surface area contributed by atoms with Crippen LogP contribution in [0.1, 0.15) is 18.6 Å². The second kappa shape index (κ2) is 8.12. The zero-order valence-electron chi connectivity index (χ0n) is 11.0. The van der Waals surface area contributed by atoms with E-state index in [2.05, 4.69) is 26.6 Å². The molecule has 0 aliphatic carbocycles. The topological polar surface area (TPSA) is 50.4 Å². The highest BCUT2D eigenvalue weighted by Crippen LogP contribution is 2.22. The summed E-state index contributed by atoms with van der Waals surface area (Å²) in [6, 6.07) is 7.05. The van der Waals surface area contributed by atoms with Crippen LogP contribution in [0, 0.1) is 0 Å². The van der Waals surface area contributed by atoms with E-state index in [1.54, 1.807) is 7.11 Å². The van der Waals surface area contributed by atoms with Gasteiger partial charge in [-0.25, -0.2) is 9.18 Å². The summed E-state index contributed by atoms with van der Waals surface area (Å²) >= 11 is 3.37. The highest BCUT2D eigenvalue weighted by molar-refractivity contribution is 9.10. The Balaban J connectivity index is 2.63. The SMILES string of the molecule is CO[C@H](c1ccc(Br)cc1)[C@@H](C)NC(=O)NCCF. The van der Waals surface area contributed by atoms with Gasteiger partial charge in [0.1, 0.15) is 12.8 Å². The van der Waals surface area contributed by atoms with E-state index in [4.69, 9.17) is 4.74 Å². The average molecular weight is 333 g/mol. The third kappa shape index (κ3) is 5.16. The van der Waals surface area contributed by atoms with Crippen LogP contribution in [0.2, 0.25) is 0 Å². The molecule has 0 aromatic heterocycles. The largest absolute Gasteiger partial charge is 0.375 e. The van der Waals surface area contributed by atoms with Crippen LogP contribution in [0.3, 0.4) is 0 Å². The number of ether oxygens (including phenoxy) is 1. The minimum atomic E-state index is -0.581. The molecule has 0 aliphatic rings. The molecule has 0 heterocycles. The summed E-state index contributed by atoms with van der Waals surface area (Å²) in [7, 11) is 1.59. The highest BCUT2D eigenvalue weighted by Gasteiger charge is 2.20. The molecule has 1 aromatic carbocycles. The summed E-state index contributed by atoms with van der Waals surface area (Å²) in [5, 5.41) is 5.14. The first-order valence-corrected chi connectivity index (χ1v) is 6.76. The Morgan fingerprint density at radius 2 is 2.05 bits per heavy atom. The standard InChI is InChI=1S/C13H18BrFN2O2/c1-9(17-13(18)16-8-7-15)12(19-2)10-3-5-11(14)6-4-10/h3-6,9,12H,7-8H2,1-2H3,(H2,16,17,18)/t9-,12+/m1/s1. The minimum Gasteiger partial charge on any atom is -0.375 e. The molecular formula is C13H18BrFN2O2. The number of rotatable bonds is 6. The number of alkyl halides is 1. The number of methoxy groups -OCH3 is 1. The molecule has 1 aromatic rings. The van der Waals surface area contributed by atoms with Gasteiger partial charge in [-0.3, -0.25) is 0 Å². The summed E-state index contributed by atoms with van der Waals surface area (Å²) in [6.07, 6.45) is -0.260. The number of halogens is 2. The Hall–Kier alpha value is -1.14. The molecule has 0 radical (unpaired) electrons. The highest BCUT2D eigenvalue weighted by atomic mass is 79.9. The normalized spacial score (nSPS) is 13.7. The first kappa shape index (κ1) is 15.9. The smallest absolute Gasteiger partial charge is 0.315 e. The predicted octanol–water partition coefficient (Wildman–Crippen LogP) is 2.79. The Morgan fingerprint density at radius 3 is 2.58 bits per heavy atom. The van der Waals surface area contributed by atoms with E-state index >= 15 is 0 Å². The van der Waals surface area contributed by atoms with Gasteiger partial charge in [0.25, 0.3) is 0 Å². The van der Waals surface area contributed by atoms with E-state index in [0.717, 1.165) is 10.0 Å². The average Bonchev–Trinajstić information content (AvgIpc) is 2.39. The Morgan fingerprint density at radius 1 is 1.42 bits per heavy atom. The number of nitrogens with one attached hydrogen (secondary N) is 2. The fraction of sp³-hybridized carbons (Fsp3) is 0.462. The summed E-state index contributed by atoms with van der Waals surface area (Å²) in [5.74, 6) is 0. The fourth-order valence-electron chi connectivity index (χ4n) is 1.78. The molecule has 106 valence electrons. The van der Waals surface area contributed by atoms with Crippen molar-refractivity contribution in [1.82, 2.24) is 10.6 Å². The van der Waals surface area contributed by atoms with Crippen LogP contribution in [-0.2, 0) is 4.74 Å². The number of hydrogen-bond acceptors (Lipinski definition) is 2. The van der Waals surface area contributed by atoms with Crippen LogP contribution in [0.5, 0.6) is 0 Å². The molecule has 2 atom stereocenters. The van der Waals surface area contributed by atoms with Gasteiger partial charge in [0.15, 0.2) is 0 Å². The maximum atomic E-state index is 11.9. The van der Waals surface area contributed by atoms with Gasteiger partial charge >= 0.3 is 6.03 Å². The molecule has 0 spiro atoms. The molecule has 2 N–H and O–H groups in total. The van der Waals surface area contributed by atoms with Crippen molar-refractivity contribution in [2.24, 2.45) is 0 Å². The molecule has 0 bridgehead atoms. The van der Waals surface area contributed by atoms with E-state index in [1.807, 2.05) is 31.2 Å². The van der Waals surface area contributed by atoms with E-state index in [1.165, 1.54) is 0 Å². The van der Waals surface area contributed by atoms with E-state index in [-0.39, 0.29) is 18.7 Å². The minimum absolute atomic E-state index is 0.00842. The van der Waals surface area contributed by atoms with Gasteiger partial charge in [-0.2, -0.15) is 0 Å². The number of carbonyl (C=O) groups is 1. The van der Waals surface area contributed by atoms with Crippen molar-refractivity contribution >= 4 is 22.0 Å². The molecule has 0 aliphatic heterocycles. The number of hydrogen-bond donors (Lipinski definition) is 2. The van der Waals surface area contributed by atoms with Crippen molar-refractivity contribution in [1.29, 1.82) is 0 Å². The zero-order chi connectivity index (χ0) is 14.3. The lowest BCUT2D eigenvalue weighted by Crippen LogP contribution is -2.44. The number of urea groups is 1. The first-order valence-electron chi connectivity index (χ1n) is 5.97. The summed E-state index contributed by atoms with van der Waals surface area (Å²) < 4.78 is 18.3. The maximum absolute atomic E-state index is 11.9. The van der Waals surface area contributed by atoms with Crippen LogP contribution in [-0.4, -0.2) is 32.4 Å². The van der Waals surface area contributed by atoms with E-state index in [0.29, 0.717) is 0 Å². The number of benzene rings is 1. The first-order chi connectivity index (χ1) is 9.08. The summed E-state index contributed by atoms with van der Waals surface area (Å²) in [4.78, 5) is 11.5. The third-order valence-corrected chi connectivity index (χ3v) is 3.17. The molecule has 4 nitrogen and oxygen atoms in total. The van der Waals surface area contributed by atoms with Crippen LogP contribution in [0.25, 0.3) is 0 Å². The zero-order valence-corrected chi connectivity index (χ0v) is 12.5. The molecule has 6 heteroatoms. The lowest BCUT2D eigenvalue weighted by atomic mass is 10.0.